The number of esters is 1. The molecule has 0 aliphatic carbocycles. The summed E-state index contributed by atoms with van der Waals surface area (Å²) < 4.78 is 66.7. The molecule has 232 valence electrons. The third-order valence-corrected chi connectivity index (χ3v) is 39.1. The Labute approximate surface area is 260 Å². The second kappa shape index (κ2) is 21.2. The van der Waals surface area contributed by atoms with Gasteiger partial charge in [0.1, 0.15) is 87.9 Å². The predicted molar refractivity (Wildman–Crippen MR) is 190 cm³/mol. The Balaban J connectivity index is 8.20. The second-order valence-corrected chi connectivity index (χ2v) is 31.1. The van der Waals surface area contributed by atoms with Crippen LogP contribution in [-0.2, 0) is 46.6 Å². The molecule has 23 heteroatoms. The molecule has 0 bridgehead atoms. The SMILES string of the molecule is C=C(C)C(=O)OCCC([Si](O[SiH2]C)(O[SiH2]C)O[SiH2]C)([Si](O[SiH2]C)(O[SiH2]C)O[SiH2]C)[Si](O[SiH2]C)(O[SiH2]C)O[SiH2]C. The van der Waals surface area contributed by atoms with E-state index in [9.17, 15) is 4.79 Å². The summed E-state index contributed by atoms with van der Waals surface area (Å²) in [5.41, 5.74) is 0.334. The van der Waals surface area contributed by atoms with Crippen LogP contribution < -0.4 is 0 Å². The summed E-state index contributed by atoms with van der Waals surface area (Å²) in [5.74, 6) is -0.456. The van der Waals surface area contributed by atoms with E-state index in [0.29, 0.717) is 5.57 Å². The Bertz CT molecular complexity index is 594. The molecule has 0 aromatic rings. The molecule has 0 rings (SSSR count). The van der Waals surface area contributed by atoms with Crippen LogP contribution in [0.25, 0.3) is 0 Å². The Kier molecular flexibility index (Phi) is 22.0. The Morgan fingerprint density at radius 1 is 0.564 bits per heavy atom. The monoisotopic (exact) mass is 758 g/mol. The number of rotatable bonds is 25. The fourth-order valence-electron chi connectivity index (χ4n) is 4.64. The summed E-state index contributed by atoms with van der Waals surface area (Å²) in [5, 5.41) is 0. The lowest BCUT2D eigenvalue weighted by Gasteiger charge is -2.57. The van der Waals surface area contributed by atoms with Gasteiger partial charge in [-0.15, -0.1) is 0 Å². The third-order valence-electron chi connectivity index (χ3n) is 5.64. The van der Waals surface area contributed by atoms with Crippen LogP contribution >= 0.6 is 0 Å². The lowest BCUT2D eigenvalue weighted by Crippen LogP contribution is -2.83. The van der Waals surface area contributed by atoms with Crippen LogP contribution in [0.3, 0.4) is 0 Å². The van der Waals surface area contributed by atoms with Crippen molar-refractivity contribution < 1.29 is 46.6 Å². The summed E-state index contributed by atoms with van der Waals surface area (Å²) in [4.78, 5) is 12.6. The molecular formula is C16H54O11Si12. The van der Waals surface area contributed by atoms with Crippen LogP contribution in [-0.4, -0.2) is 127 Å². The number of ether oxygens (including phenoxy) is 1. The maximum atomic E-state index is 12.6. The second-order valence-electron chi connectivity index (χ2n) is 8.14. The van der Waals surface area contributed by atoms with Crippen molar-refractivity contribution in [1.29, 1.82) is 0 Å². The van der Waals surface area contributed by atoms with Crippen LogP contribution in [0.15, 0.2) is 12.2 Å². The minimum atomic E-state index is -3.69. The molecule has 0 aliphatic heterocycles. The minimum Gasteiger partial charge on any atom is -0.462 e. The molecule has 0 atom stereocenters. The number of hydrogen-bond donors (Lipinski definition) is 0. The zero-order valence-corrected chi connectivity index (χ0v) is 41.7. The molecule has 0 radical (unpaired) electrons. The van der Waals surface area contributed by atoms with Gasteiger partial charge >= 0.3 is 32.4 Å². The van der Waals surface area contributed by atoms with Crippen molar-refractivity contribution in [2.75, 3.05) is 6.61 Å². The van der Waals surface area contributed by atoms with Crippen LogP contribution in [0.1, 0.15) is 13.3 Å². The Morgan fingerprint density at radius 3 is 0.974 bits per heavy atom. The molecule has 39 heavy (non-hydrogen) atoms. The lowest BCUT2D eigenvalue weighted by molar-refractivity contribution is -0.139. The fourth-order valence-corrected chi connectivity index (χ4v) is 54.4. The largest absolute Gasteiger partial charge is 0.484 e. The fraction of sp³-hybridized carbons (Fsp3) is 0.812. The van der Waals surface area contributed by atoms with Gasteiger partial charge in [0.15, 0.2) is 4.28 Å². The standard InChI is InChI=1S/C16H54O11Si12/c1-14(2)15(17)18-13-12-16(37(19-28-3,20-29-4)21-30-5,38(22-31-6,23-32-7)24-33-8)39(25-34-9,26-35-10)27-36-11/h1,12-13,28-36H2,2-11H3. The van der Waals surface area contributed by atoms with Crippen molar-refractivity contribution in [1.82, 2.24) is 0 Å². The van der Waals surface area contributed by atoms with Gasteiger partial charge in [0, 0.05) is 12.0 Å². The van der Waals surface area contributed by atoms with Gasteiger partial charge in [-0.1, -0.05) is 65.5 Å². The highest BCUT2D eigenvalue weighted by Crippen LogP contribution is 2.59. The van der Waals surface area contributed by atoms with E-state index in [-0.39, 0.29) is 13.0 Å². The topological polar surface area (TPSA) is 109 Å². The quantitative estimate of drug-likeness (QED) is 0.0526. The van der Waals surface area contributed by atoms with Crippen molar-refractivity contribution in [3.63, 3.8) is 0 Å². The van der Waals surface area contributed by atoms with E-state index in [1.165, 1.54) is 0 Å². The molecule has 0 N–H and O–H groups in total. The molecule has 0 spiro atoms. The molecule has 0 unspecified atom stereocenters. The highest BCUT2D eigenvalue weighted by molar-refractivity contribution is 7.08. The van der Waals surface area contributed by atoms with Gasteiger partial charge in [-0.3, -0.25) is 0 Å². The number of carbonyl (C=O) groups is 1. The average molecular weight is 760 g/mol. The highest BCUT2D eigenvalue weighted by Gasteiger charge is 2.87. The van der Waals surface area contributed by atoms with E-state index in [1.807, 2.05) is 0 Å². The maximum Gasteiger partial charge on any atom is 0.484 e. The molecule has 0 aromatic carbocycles. The molecule has 0 saturated carbocycles. The first-order chi connectivity index (χ1) is 18.6. The predicted octanol–water partition coefficient (Wildman–Crippen LogP) is -3.53. The zero-order valence-electron chi connectivity index (χ0n) is 26.0. The summed E-state index contributed by atoms with van der Waals surface area (Å²) in [6.07, 6.45) is 0.266. The van der Waals surface area contributed by atoms with Crippen molar-refractivity contribution in [2.24, 2.45) is 0 Å². The molecule has 0 saturated heterocycles. The van der Waals surface area contributed by atoms with Gasteiger partial charge in [0.05, 0.1) is 6.61 Å². The van der Waals surface area contributed by atoms with Crippen LogP contribution in [0.2, 0.25) is 63.2 Å². The van der Waals surface area contributed by atoms with Gasteiger partial charge in [0.2, 0.25) is 0 Å². The molecule has 0 aliphatic rings. The van der Waals surface area contributed by atoms with Gasteiger partial charge in [-0.25, -0.2) is 4.79 Å². The molecule has 0 heterocycles. The van der Waals surface area contributed by atoms with E-state index in [0.717, 1.165) is 0 Å². The first-order valence-electron chi connectivity index (χ1n) is 14.2. The first-order valence-corrected chi connectivity index (χ1v) is 37.3. The Hall–Kier alpha value is 1.45. The summed E-state index contributed by atoms with van der Waals surface area (Å²) >= 11 is 0. The summed E-state index contributed by atoms with van der Waals surface area (Å²) in [6.45, 7) is 24.2. The molecular weight excluding hydrogens is 705 g/mol. The lowest BCUT2D eigenvalue weighted by atomic mass is 10.4. The average Bonchev–Trinajstić information content (AvgIpc) is 2.87. The van der Waals surface area contributed by atoms with E-state index >= 15 is 0 Å². The first kappa shape index (κ1) is 40.5. The molecule has 0 aromatic heterocycles. The molecule has 0 fully saturated rings. The van der Waals surface area contributed by atoms with Gasteiger partial charge in [-0.05, 0) is 6.92 Å². The van der Waals surface area contributed by atoms with E-state index in [4.69, 9.17) is 41.8 Å². The highest BCUT2D eigenvalue weighted by atomic mass is 28.6. The van der Waals surface area contributed by atoms with Crippen molar-refractivity contribution in [2.45, 2.75) is 76.6 Å². The van der Waals surface area contributed by atoms with E-state index in [2.05, 4.69) is 65.5 Å². The number of hydrogen-bond acceptors (Lipinski definition) is 11. The minimum absolute atomic E-state index is 0.0532. The van der Waals surface area contributed by atoms with E-state index < -0.39 is 125 Å². The van der Waals surface area contributed by atoms with Crippen molar-refractivity contribution in [3.05, 3.63) is 12.2 Å². The van der Waals surface area contributed by atoms with Crippen molar-refractivity contribution in [3.8, 4) is 0 Å². The molecule has 11 nitrogen and oxygen atoms in total. The normalized spacial score (nSPS) is 20.8. The maximum absolute atomic E-state index is 12.6. The summed E-state index contributed by atoms with van der Waals surface area (Å²) in [7, 11) is -20.5. The number of carbonyl (C=O) groups excluding carboxylic acids is 1. The summed E-state index contributed by atoms with van der Waals surface area (Å²) in [6, 6.07) is 0. The smallest absolute Gasteiger partial charge is 0.462 e. The van der Waals surface area contributed by atoms with Crippen LogP contribution in [0, 0.1) is 0 Å². The van der Waals surface area contributed by atoms with Gasteiger partial charge < -0.3 is 41.8 Å². The van der Waals surface area contributed by atoms with Crippen molar-refractivity contribution >= 4 is 120 Å². The van der Waals surface area contributed by atoms with Crippen LogP contribution in [0.5, 0.6) is 0 Å². The third kappa shape index (κ3) is 9.72. The molecule has 0 amide bonds. The van der Waals surface area contributed by atoms with Crippen LogP contribution in [0.4, 0.5) is 0 Å². The zero-order chi connectivity index (χ0) is 30.0. The Morgan fingerprint density at radius 2 is 0.795 bits per heavy atom. The van der Waals surface area contributed by atoms with Gasteiger partial charge in [0.25, 0.3) is 0 Å². The van der Waals surface area contributed by atoms with Gasteiger partial charge in [-0.2, -0.15) is 0 Å². The van der Waals surface area contributed by atoms with E-state index in [1.54, 1.807) is 6.92 Å².